The zero-order chi connectivity index (χ0) is 58.3. The number of H-pyrrole nitrogens is 3. The molecule has 30 nitrogen and oxygen atoms in total. The number of fused-ring (bicyclic) bond motifs is 6. The number of aromatic amines is 3. The first-order valence-electron chi connectivity index (χ1n) is 25.4. The Morgan fingerprint density at radius 2 is 0.725 bits per heavy atom. The molecule has 12 heterocycles. The molecule has 12 aromatic heterocycles. The summed E-state index contributed by atoms with van der Waals surface area (Å²) in [6.45, 7) is 24.4. The quantitative estimate of drug-likeness (QED) is 0.103. The minimum atomic E-state index is -0.251. The van der Waals surface area contributed by atoms with E-state index in [1.165, 1.54) is 31.5 Å². The molecule has 30 heteroatoms. The average molecular weight is 1090 g/mol. The molecule has 0 aromatic carbocycles. The van der Waals surface area contributed by atoms with Gasteiger partial charge in [0.2, 0.25) is 11.9 Å². The average Bonchev–Trinajstić information content (AvgIpc) is 4.27. The molecule has 12 aromatic rings. The second-order valence-electron chi connectivity index (χ2n) is 19.7. The van der Waals surface area contributed by atoms with Crippen LogP contribution in [0.3, 0.4) is 0 Å². The van der Waals surface area contributed by atoms with Crippen LogP contribution in [0.1, 0.15) is 119 Å². The lowest BCUT2D eigenvalue weighted by molar-refractivity contribution is 0.546. The highest BCUT2D eigenvalue weighted by atomic mass is 16.1. The van der Waals surface area contributed by atoms with Crippen LogP contribution in [-0.4, -0.2) is 108 Å². The lowest BCUT2D eigenvalue weighted by atomic mass is 10.4. The fourth-order valence-corrected chi connectivity index (χ4v) is 7.98. The van der Waals surface area contributed by atoms with E-state index in [1.54, 1.807) is 34.0 Å². The highest BCUT2D eigenvalue weighted by Gasteiger charge is 2.14. The maximum Gasteiger partial charge on any atom is 0.263 e. The molecule has 0 atom stereocenters. The van der Waals surface area contributed by atoms with Crippen LogP contribution >= 0.6 is 0 Å². The smallest absolute Gasteiger partial charge is 0.263 e. The largest absolute Gasteiger partial charge is 0.383 e. The van der Waals surface area contributed by atoms with Gasteiger partial charge in [0.1, 0.15) is 58.5 Å². The second-order valence-corrected chi connectivity index (χ2v) is 19.7. The SMILES string of the molecule is CC(C)n1ccc2c(=O)[nH]c(N)nc21.CC(C)n1ccc2c(N)ncnc21.CC(C)n1ncc2c(=O)[nH]c(N)nc21.CC(C)n1ncc2c(=O)[nH]cnc21.CC(C)n1ncc2c(N)ncnc21.CC(C)n1ncc2c(N)ncnc21. The molecule has 0 fully saturated rings. The minimum absolute atomic E-state index is 0.116. The van der Waals surface area contributed by atoms with Crippen LogP contribution < -0.4 is 45.3 Å². The molecule has 0 saturated heterocycles. The Morgan fingerprint density at radius 3 is 1.18 bits per heavy atom. The van der Waals surface area contributed by atoms with Gasteiger partial charge in [-0.25, -0.2) is 53.6 Å². The molecule has 80 heavy (non-hydrogen) atoms. The number of nitrogen functional groups attached to an aromatic ring is 5. The van der Waals surface area contributed by atoms with Crippen molar-refractivity contribution in [2.24, 2.45) is 0 Å². The summed E-state index contributed by atoms with van der Waals surface area (Å²) in [7, 11) is 0. The van der Waals surface area contributed by atoms with Gasteiger partial charge >= 0.3 is 0 Å². The number of nitrogens with one attached hydrogen (secondary N) is 3. The predicted octanol–water partition coefficient (Wildman–Crippen LogP) is 5.44. The Bertz CT molecular complexity index is 3920. The van der Waals surface area contributed by atoms with E-state index in [-0.39, 0.29) is 58.8 Å². The van der Waals surface area contributed by atoms with E-state index in [0.29, 0.717) is 56.6 Å². The summed E-state index contributed by atoms with van der Waals surface area (Å²) < 4.78 is 11.0. The van der Waals surface area contributed by atoms with E-state index < -0.39 is 0 Å². The maximum atomic E-state index is 11.4. The highest BCUT2D eigenvalue weighted by molar-refractivity contribution is 5.87. The Balaban J connectivity index is 0.000000139. The molecule has 420 valence electrons. The minimum Gasteiger partial charge on any atom is -0.383 e. The molecule has 0 spiro atoms. The summed E-state index contributed by atoms with van der Waals surface area (Å²) >= 11 is 0. The zero-order valence-corrected chi connectivity index (χ0v) is 46.5. The van der Waals surface area contributed by atoms with Crippen LogP contribution in [0.2, 0.25) is 0 Å². The van der Waals surface area contributed by atoms with Gasteiger partial charge in [0, 0.05) is 48.6 Å². The molecule has 0 aliphatic heterocycles. The number of nitrogens with zero attached hydrogens (tertiary/aromatic N) is 19. The number of nitrogens with two attached hydrogens (primary N) is 5. The van der Waals surface area contributed by atoms with Gasteiger partial charge in [-0.2, -0.15) is 30.4 Å². The van der Waals surface area contributed by atoms with Gasteiger partial charge < -0.3 is 42.8 Å². The third kappa shape index (κ3) is 12.5. The van der Waals surface area contributed by atoms with E-state index in [0.717, 1.165) is 33.1 Å². The Kier molecular flexibility index (Phi) is 17.6. The van der Waals surface area contributed by atoms with Crippen molar-refractivity contribution in [1.29, 1.82) is 0 Å². The van der Waals surface area contributed by atoms with Crippen molar-refractivity contribution in [3.05, 3.63) is 106 Å². The van der Waals surface area contributed by atoms with Crippen molar-refractivity contribution in [1.82, 2.24) is 108 Å². The number of rotatable bonds is 6. The van der Waals surface area contributed by atoms with Crippen LogP contribution in [0.15, 0.2) is 89.0 Å². The molecule has 0 bridgehead atoms. The highest BCUT2D eigenvalue weighted by Crippen LogP contribution is 2.22. The molecule has 13 N–H and O–H groups in total. The molecule has 0 saturated carbocycles. The first kappa shape index (κ1) is 57.5. The van der Waals surface area contributed by atoms with E-state index >= 15 is 0 Å². The van der Waals surface area contributed by atoms with Gasteiger partial charge in [0.15, 0.2) is 22.6 Å². The number of hydrogen-bond acceptors (Lipinski definition) is 21. The fourth-order valence-electron chi connectivity index (χ4n) is 7.98. The molecule has 0 aliphatic carbocycles. The van der Waals surface area contributed by atoms with Crippen molar-refractivity contribution in [2.45, 2.75) is 119 Å². The van der Waals surface area contributed by atoms with Crippen molar-refractivity contribution in [2.75, 3.05) is 28.7 Å². The summed E-state index contributed by atoms with van der Waals surface area (Å²) in [5.74, 6) is 1.78. The molecule has 0 aliphatic rings. The van der Waals surface area contributed by atoms with E-state index in [9.17, 15) is 14.4 Å². The number of anilines is 5. The number of hydrogen-bond donors (Lipinski definition) is 8. The third-order valence-electron chi connectivity index (χ3n) is 11.9. The predicted molar refractivity (Wildman–Crippen MR) is 309 cm³/mol. The van der Waals surface area contributed by atoms with Crippen molar-refractivity contribution < 1.29 is 0 Å². The molecular formula is C50H67N27O3. The zero-order valence-electron chi connectivity index (χ0n) is 46.5. The molecule has 0 unspecified atom stereocenters. The summed E-state index contributed by atoms with van der Waals surface area (Å²) in [6, 6.07) is 5.30. The summed E-state index contributed by atoms with van der Waals surface area (Å²) in [6.07, 6.45) is 16.1. The van der Waals surface area contributed by atoms with Crippen LogP contribution in [0.25, 0.3) is 66.2 Å². The number of aromatic nitrogens is 22. The van der Waals surface area contributed by atoms with Crippen molar-refractivity contribution in [3.63, 3.8) is 0 Å². The van der Waals surface area contributed by atoms with Crippen LogP contribution in [0, 0.1) is 0 Å². The van der Waals surface area contributed by atoms with Crippen molar-refractivity contribution in [3.8, 4) is 0 Å². The van der Waals surface area contributed by atoms with Gasteiger partial charge in [-0.3, -0.25) is 24.4 Å². The lowest BCUT2D eigenvalue weighted by Crippen LogP contribution is -2.12. The summed E-state index contributed by atoms with van der Waals surface area (Å²) in [4.78, 5) is 77.9. The van der Waals surface area contributed by atoms with Crippen LogP contribution in [0.5, 0.6) is 0 Å². The van der Waals surface area contributed by atoms with Gasteiger partial charge in [-0.05, 0) is 95.2 Å². The van der Waals surface area contributed by atoms with Gasteiger partial charge in [0.25, 0.3) is 16.7 Å². The van der Waals surface area contributed by atoms with Gasteiger partial charge in [0.05, 0.1) is 52.7 Å². The Morgan fingerprint density at radius 1 is 0.375 bits per heavy atom. The normalized spacial score (nSPS) is 11.3. The van der Waals surface area contributed by atoms with E-state index in [4.69, 9.17) is 28.7 Å². The first-order valence-corrected chi connectivity index (χ1v) is 25.4. The van der Waals surface area contributed by atoms with E-state index in [1.807, 2.05) is 102 Å². The fraction of sp³-hybridized carbons (Fsp3) is 0.360. The standard InChI is InChI=1S/C9H12N4O.C9H12N4.C8H11N5O.2C8H11N5.C8H10N4O/c1-5(2)13-4-3-6-7(13)11-9(10)12-8(6)14;1-6(2)13-4-3-7-8(10)11-5-12-9(7)13;1-4(2)13-6-5(3-10-13)7(14)12-8(9)11-6;2*1-5(2)13-8-6(3-12-13)7(9)10-4-11-8;1-5(2)12-7-6(3-11-12)8(13)10-4-9-7/h3-5H,1-2H3,(H3,10,11,12,14);3-6H,1-2H3,(H2,10,11,12);3-4H,1-2H3,(H3,9,11,12,14);2*3-5H,1-2H3,(H2,9,10,11);3-5H,1-2H3,(H,9,10,13). The topological polar surface area (TPSA) is 426 Å². The molecule has 12 rings (SSSR count). The third-order valence-corrected chi connectivity index (χ3v) is 11.9. The van der Waals surface area contributed by atoms with Crippen LogP contribution in [-0.2, 0) is 0 Å². The Hall–Kier alpha value is -10.2. The lowest BCUT2D eigenvalue weighted by Gasteiger charge is -2.07. The maximum absolute atomic E-state index is 11.4. The van der Waals surface area contributed by atoms with Gasteiger partial charge in [-0.15, -0.1) is 0 Å². The molecule has 0 radical (unpaired) electrons. The summed E-state index contributed by atoms with van der Waals surface area (Å²) in [5.41, 5.74) is 31.7. The van der Waals surface area contributed by atoms with Crippen molar-refractivity contribution >= 4 is 95.6 Å². The molecule has 0 amide bonds. The summed E-state index contributed by atoms with van der Waals surface area (Å²) in [5, 5.41) is 20.7. The molecular weight excluding hydrogens is 1030 g/mol. The van der Waals surface area contributed by atoms with Gasteiger partial charge in [-0.1, -0.05) is 0 Å². The first-order chi connectivity index (χ1) is 38.0. The Labute approximate surface area is 455 Å². The van der Waals surface area contributed by atoms with E-state index in [2.05, 4.69) is 98.6 Å². The second kappa shape index (κ2) is 24.4. The van der Waals surface area contributed by atoms with Crippen LogP contribution in [0.4, 0.5) is 29.4 Å². The monoisotopic (exact) mass is 1090 g/mol.